The lowest BCUT2D eigenvalue weighted by molar-refractivity contribution is -0.123. The zero-order valence-electron chi connectivity index (χ0n) is 13.5. The first kappa shape index (κ1) is 16.0. The summed E-state index contributed by atoms with van der Waals surface area (Å²) in [5, 5.41) is 12.5. The lowest BCUT2D eigenvalue weighted by atomic mass is 10.1. The maximum Gasteiger partial charge on any atom is 0.258 e. The number of hydrogen-bond donors (Lipinski definition) is 3. The molecule has 126 valence electrons. The van der Waals surface area contributed by atoms with Gasteiger partial charge in [-0.2, -0.15) is 5.10 Å². The molecule has 1 aliphatic rings. The van der Waals surface area contributed by atoms with Crippen LogP contribution < -0.4 is 15.4 Å². The van der Waals surface area contributed by atoms with Gasteiger partial charge in [0.15, 0.2) is 6.61 Å². The molecule has 1 fully saturated rings. The van der Waals surface area contributed by atoms with E-state index < -0.39 is 0 Å². The van der Waals surface area contributed by atoms with Gasteiger partial charge in [-0.05, 0) is 31.0 Å². The number of carbonyl (C=O) groups excluding carboxylic acids is 2. The van der Waals surface area contributed by atoms with Crippen molar-refractivity contribution in [1.82, 2.24) is 20.8 Å². The second-order valence-electron chi connectivity index (χ2n) is 5.83. The van der Waals surface area contributed by atoms with Crippen molar-refractivity contribution in [2.75, 3.05) is 13.2 Å². The number of aryl methyl sites for hydroxylation is 1. The Bertz CT molecular complexity index is 741. The maximum atomic E-state index is 11.9. The van der Waals surface area contributed by atoms with Crippen LogP contribution in [0.5, 0.6) is 5.75 Å². The van der Waals surface area contributed by atoms with E-state index >= 15 is 0 Å². The minimum absolute atomic E-state index is 0.0221. The second-order valence-corrected chi connectivity index (χ2v) is 5.83. The minimum atomic E-state index is -0.207. The van der Waals surface area contributed by atoms with Crippen LogP contribution in [0.15, 0.2) is 30.5 Å². The topological polar surface area (TPSA) is 96.1 Å². The number of ether oxygens (including phenoxy) is 1. The summed E-state index contributed by atoms with van der Waals surface area (Å²) in [4.78, 5) is 23.0. The van der Waals surface area contributed by atoms with Gasteiger partial charge in [-0.15, -0.1) is 0 Å². The molecule has 1 aromatic heterocycles. The number of hydrogen-bond acceptors (Lipinski definition) is 4. The summed E-state index contributed by atoms with van der Waals surface area (Å²) < 4.78 is 5.55. The molecule has 1 aliphatic heterocycles. The Morgan fingerprint density at radius 3 is 3.04 bits per heavy atom. The summed E-state index contributed by atoms with van der Waals surface area (Å²) in [6.07, 6.45) is 3.04. The van der Waals surface area contributed by atoms with Gasteiger partial charge in [-0.1, -0.05) is 12.1 Å². The van der Waals surface area contributed by atoms with Crippen LogP contribution in [0, 0.1) is 6.92 Å². The number of carbonyl (C=O) groups is 2. The molecule has 7 heteroatoms. The first-order chi connectivity index (χ1) is 11.6. The molecule has 0 spiro atoms. The lowest BCUT2D eigenvalue weighted by Gasteiger charge is -2.12. The Morgan fingerprint density at radius 2 is 2.33 bits per heavy atom. The molecule has 0 saturated carbocycles. The highest BCUT2D eigenvalue weighted by atomic mass is 16.5. The van der Waals surface area contributed by atoms with Gasteiger partial charge in [0.05, 0.1) is 6.20 Å². The number of aromatic nitrogens is 2. The van der Waals surface area contributed by atoms with Crippen molar-refractivity contribution in [3.05, 3.63) is 36.2 Å². The summed E-state index contributed by atoms with van der Waals surface area (Å²) in [6, 6.07) is 7.55. The third-order valence-electron chi connectivity index (χ3n) is 3.98. The van der Waals surface area contributed by atoms with Crippen LogP contribution >= 0.6 is 0 Å². The Morgan fingerprint density at radius 1 is 1.46 bits per heavy atom. The molecule has 2 amide bonds. The number of aromatic amines is 1. The van der Waals surface area contributed by atoms with Gasteiger partial charge in [-0.3, -0.25) is 14.7 Å². The Labute approximate surface area is 139 Å². The molecule has 1 atom stereocenters. The van der Waals surface area contributed by atoms with E-state index in [0.29, 0.717) is 18.7 Å². The fraction of sp³-hybridized carbons (Fsp3) is 0.353. The van der Waals surface area contributed by atoms with Crippen LogP contribution in [-0.4, -0.2) is 41.2 Å². The van der Waals surface area contributed by atoms with Gasteiger partial charge < -0.3 is 15.4 Å². The Balaban J connectivity index is 1.50. The molecule has 1 saturated heterocycles. The van der Waals surface area contributed by atoms with E-state index in [1.165, 1.54) is 0 Å². The third-order valence-corrected chi connectivity index (χ3v) is 3.98. The van der Waals surface area contributed by atoms with Crippen LogP contribution in [-0.2, 0) is 9.59 Å². The zero-order valence-corrected chi connectivity index (χ0v) is 13.5. The van der Waals surface area contributed by atoms with Crippen molar-refractivity contribution in [3.8, 4) is 16.9 Å². The summed E-state index contributed by atoms with van der Waals surface area (Å²) in [6.45, 7) is 2.32. The molecule has 0 bridgehead atoms. The number of benzene rings is 1. The first-order valence-corrected chi connectivity index (χ1v) is 7.91. The van der Waals surface area contributed by atoms with Gasteiger partial charge in [0, 0.05) is 30.3 Å². The molecule has 1 aromatic carbocycles. The van der Waals surface area contributed by atoms with Gasteiger partial charge in [-0.25, -0.2) is 0 Å². The average molecular weight is 328 g/mol. The highest BCUT2D eigenvalue weighted by Crippen LogP contribution is 2.25. The lowest BCUT2D eigenvalue weighted by Crippen LogP contribution is -2.40. The smallest absolute Gasteiger partial charge is 0.258 e. The van der Waals surface area contributed by atoms with Crippen LogP contribution in [0.3, 0.4) is 0 Å². The van der Waals surface area contributed by atoms with Crippen LogP contribution in [0.2, 0.25) is 0 Å². The molecular weight excluding hydrogens is 308 g/mol. The van der Waals surface area contributed by atoms with Crippen molar-refractivity contribution in [2.45, 2.75) is 25.8 Å². The minimum Gasteiger partial charge on any atom is -0.484 e. The number of nitrogens with one attached hydrogen (secondary N) is 3. The summed E-state index contributed by atoms with van der Waals surface area (Å²) in [7, 11) is 0. The van der Waals surface area contributed by atoms with E-state index in [-0.39, 0.29) is 24.5 Å². The molecule has 2 heterocycles. The normalized spacial score (nSPS) is 16.7. The largest absolute Gasteiger partial charge is 0.484 e. The molecule has 3 N–H and O–H groups in total. The molecule has 24 heavy (non-hydrogen) atoms. The molecule has 1 unspecified atom stereocenters. The van der Waals surface area contributed by atoms with E-state index in [4.69, 9.17) is 4.74 Å². The van der Waals surface area contributed by atoms with Gasteiger partial charge in [0.25, 0.3) is 5.91 Å². The Kier molecular flexibility index (Phi) is 4.79. The predicted molar refractivity (Wildman–Crippen MR) is 88.4 cm³/mol. The van der Waals surface area contributed by atoms with Gasteiger partial charge >= 0.3 is 0 Å². The van der Waals surface area contributed by atoms with E-state index in [1.807, 2.05) is 31.2 Å². The van der Waals surface area contributed by atoms with E-state index in [1.54, 1.807) is 6.20 Å². The second kappa shape index (κ2) is 7.16. The Hall–Kier alpha value is -2.83. The highest BCUT2D eigenvalue weighted by Gasteiger charge is 2.20. The van der Waals surface area contributed by atoms with Crippen LogP contribution in [0.4, 0.5) is 0 Å². The molecule has 2 aromatic rings. The van der Waals surface area contributed by atoms with Gasteiger partial charge in [0.1, 0.15) is 5.75 Å². The van der Waals surface area contributed by atoms with Crippen molar-refractivity contribution in [3.63, 3.8) is 0 Å². The summed E-state index contributed by atoms with van der Waals surface area (Å²) in [5.74, 6) is 0.454. The molecule has 0 radical (unpaired) electrons. The number of rotatable bonds is 6. The van der Waals surface area contributed by atoms with E-state index in [2.05, 4.69) is 20.8 Å². The fourth-order valence-corrected chi connectivity index (χ4v) is 2.66. The van der Waals surface area contributed by atoms with E-state index in [0.717, 1.165) is 23.2 Å². The molecular formula is C17H20N4O3. The van der Waals surface area contributed by atoms with E-state index in [9.17, 15) is 9.59 Å². The van der Waals surface area contributed by atoms with Crippen molar-refractivity contribution in [1.29, 1.82) is 0 Å². The molecule has 7 nitrogen and oxygen atoms in total. The number of H-pyrrole nitrogens is 1. The zero-order chi connectivity index (χ0) is 16.9. The van der Waals surface area contributed by atoms with Gasteiger partial charge in [0.2, 0.25) is 5.91 Å². The molecule has 0 aliphatic carbocycles. The number of nitrogens with zero attached hydrogens (tertiary/aromatic N) is 1. The first-order valence-electron chi connectivity index (χ1n) is 7.91. The SMILES string of the molecule is Cc1[nH]ncc1-c1cccc(OCC(=O)NCC2CCC(=O)N2)c1. The maximum absolute atomic E-state index is 11.9. The van der Waals surface area contributed by atoms with Crippen molar-refractivity contribution < 1.29 is 14.3 Å². The summed E-state index contributed by atoms with van der Waals surface area (Å²) in [5.41, 5.74) is 2.96. The standard InChI is InChI=1S/C17H20N4O3/c1-11-15(9-19-21-11)12-3-2-4-14(7-12)24-10-17(23)18-8-13-5-6-16(22)20-13/h2-4,7,9,13H,5-6,8,10H2,1H3,(H,18,23)(H,19,21)(H,20,22). The number of amides is 2. The molecule has 3 rings (SSSR count). The monoisotopic (exact) mass is 328 g/mol. The fourth-order valence-electron chi connectivity index (χ4n) is 2.66. The summed E-state index contributed by atoms with van der Waals surface area (Å²) >= 11 is 0. The van der Waals surface area contributed by atoms with Crippen LogP contribution in [0.25, 0.3) is 11.1 Å². The van der Waals surface area contributed by atoms with Crippen molar-refractivity contribution >= 4 is 11.8 Å². The third kappa shape index (κ3) is 3.92. The van der Waals surface area contributed by atoms with Crippen molar-refractivity contribution in [2.24, 2.45) is 0 Å². The highest BCUT2D eigenvalue weighted by molar-refractivity contribution is 5.79. The quantitative estimate of drug-likeness (QED) is 0.741. The average Bonchev–Trinajstić information content (AvgIpc) is 3.19. The predicted octanol–water partition coefficient (Wildman–Crippen LogP) is 1.16. The van der Waals surface area contributed by atoms with Crippen LogP contribution in [0.1, 0.15) is 18.5 Å².